The van der Waals surface area contributed by atoms with Gasteiger partial charge in [0, 0.05) is 18.7 Å². The Hall–Kier alpha value is -2.38. The van der Waals surface area contributed by atoms with E-state index >= 15 is 0 Å². The summed E-state index contributed by atoms with van der Waals surface area (Å²) in [5.74, 6) is 0.253. The average molecular weight is 267 g/mol. The van der Waals surface area contributed by atoms with Crippen LogP contribution in [0.5, 0.6) is 0 Å². The maximum atomic E-state index is 10.8. The summed E-state index contributed by atoms with van der Waals surface area (Å²) >= 11 is 0. The predicted molar refractivity (Wildman–Crippen MR) is 71.6 cm³/mol. The van der Waals surface area contributed by atoms with Gasteiger partial charge in [-0.3, -0.25) is 10.1 Å². The van der Waals surface area contributed by atoms with Crippen LogP contribution in [0.3, 0.4) is 0 Å². The Labute approximate surface area is 110 Å². The number of aromatic nitrogens is 1. The fourth-order valence-electron chi connectivity index (χ4n) is 1.78. The SMILES string of the molecule is CCN(c1ncc([N+](=O)[O-])cc1C(N)=NO)C(C)C. The topological polar surface area (TPSA) is 118 Å². The van der Waals surface area contributed by atoms with E-state index in [0.29, 0.717) is 12.4 Å². The lowest BCUT2D eigenvalue weighted by Gasteiger charge is -2.27. The molecule has 0 aliphatic rings. The molecule has 0 saturated heterocycles. The Morgan fingerprint density at radius 2 is 2.32 bits per heavy atom. The molecule has 0 saturated carbocycles. The molecule has 0 unspecified atom stereocenters. The molecule has 0 aliphatic carbocycles. The number of nitrogens with two attached hydrogens (primary N) is 1. The van der Waals surface area contributed by atoms with E-state index in [9.17, 15) is 10.1 Å². The van der Waals surface area contributed by atoms with Crippen LogP contribution in [-0.2, 0) is 0 Å². The van der Waals surface area contributed by atoms with Crippen LogP contribution in [0.15, 0.2) is 17.4 Å². The van der Waals surface area contributed by atoms with Gasteiger partial charge in [-0.05, 0) is 20.8 Å². The quantitative estimate of drug-likeness (QED) is 0.273. The number of nitro groups is 1. The van der Waals surface area contributed by atoms with Gasteiger partial charge >= 0.3 is 0 Å². The van der Waals surface area contributed by atoms with Crippen LogP contribution in [0.4, 0.5) is 11.5 Å². The Morgan fingerprint density at radius 1 is 1.68 bits per heavy atom. The molecule has 3 N–H and O–H groups in total. The van der Waals surface area contributed by atoms with Crippen molar-refractivity contribution in [1.29, 1.82) is 0 Å². The van der Waals surface area contributed by atoms with Crippen molar-refractivity contribution in [3.05, 3.63) is 27.9 Å². The summed E-state index contributed by atoms with van der Waals surface area (Å²) in [7, 11) is 0. The zero-order valence-corrected chi connectivity index (χ0v) is 11.1. The zero-order valence-electron chi connectivity index (χ0n) is 11.1. The third-order valence-electron chi connectivity index (χ3n) is 2.68. The number of oxime groups is 1. The molecular weight excluding hydrogens is 250 g/mol. The van der Waals surface area contributed by atoms with Crippen molar-refractivity contribution in [1.82, 2.24) is 4.98 Å². The summed E-state index contributed by atoms with van der Waals surface area (Å²) in [6.07, 6.45) is 1.16. The number of hydrogen-bond acceptors (Lipinski definition) is 6. The minimum Gasteiger partial charge on any atom is -0.409 e. The van der Waals surface area contributed by atoms with E-state index in [-0.39, 0.29) is 23.1 Å². The second-order valence-electron chi connectivity index (χ2n) is 4.19. The molecule has 1 rings (SSSR count). The van der Waals surface area contributed by atoms with Crippen LogP contribution in [-0.4, -0.2) is 33.5 Å². The van der Waals surface area contributed by atoms with Gasteiger partial charge in [0.15, 0.2) is 5.84 Å². The lowest BCUT2D eigenvalue weighted by molar-refractivity contribution is -0.385. The first-order valence-electron chi connectivity index (χ1n) is 5.81. The molecule has 1 aromatic rings. The van der Waals surface area contributed by atoms with E-state index in [1.54, 1.807) is 0 Å². The Bertz CT molecular complexity index is 501. The zero-order chi connectivity index (χ0) is 14.6. The van der Waals surface area contributed by atoms with Crippen LogP contribution in [0.2, 0.25) is 0 Å². The monoisotopic (exact) mass is 267 g/mol. The fourth-order valence-corrected chi connectivity index (χ4v) is 1.78. The molecule has 8 heteroatoms. The van der Waals surface area contributed by atoms with Crippen molar-refractivity contribution in [2.45, 2.75) is 26.8 Å². The van der Waals surface area contributed by atoms with Gasteiger partial charge in [-0.25, -0.2) is 4.98 Å². The number of amidine groups is 1. The standard InChI is InChI=1S/C11H17N5O3/c1-4-15(7(2)3)11-9(10(12)14-17)5-8(6-13-11)16(18)19/h5-7,17H,4H2,1-3H3,(H2,12,14). The summed E-state index contributed by atoms with van der Waals surface area (Å²) in [5.41, 5.74) is 5.61. The summed E-state index contributed by atoms with van der Waals surface area (Å²) < 4.78 is 0. The Balaban J connectivity index is 3.42. The molecule has 0 aromatic carbocycles. The van der Waals surface area contributed by atoms with Crippen LogP contribution < -0.4 is 10.6 Å². The normalized spacial score (nSPS) is 11.7. The van der Waals surface area contributed by atoms with Crippen LogP contribution >= 0.6 is 0 Å². The number of hydrogen-bond donors (Lipinski definition) is 2. The van der Waals surface area contributed by atoms with Crippen molar-refractivity contribution < 1.29 is 10.1 Å². The highest BCUT2D eigenvalue weighted by Gasteiger charge is 2.20. The molecule has 0 aliphatic heterocycles. The van der Waals surface area contributed by atoms with Crippen LogP contribution in [0.1, 0.15) is 26.3 Å². The smallest absolute Gasteiger partial charge is 0.288 e. The van der Waals surface area contributed by atoms with Gasteiger partial charge in [0.25, 0.3) is 5.69 Å². The van der Waals surface area contributed by atoms with Crippen LogP contribution in [0.25, 0.3) is 0 Å². The molecule has 0 spiro atoms. The number of anilines is 1. The molecule has 0 atom stereocenters. The summed E-state index contributed by atoms with van der Waals surface area (Å²) in [5, 5.41) is 22.4. The van der Waals surface area contributed by atoms with E-state index in [1.807, 2.05) is 25.7 Å². The van der Waals surface area contributed by atoms with Gasteiger partial charge in [0.2, 0.25) is 0 Å². The van der Waals surface area contributed by atoms with Gasteiger partial charge in [-0.1, -0.05) is 5.16 Å². The Morgan fingerprint density at radius 3 is 2.74 bits per heavy atom. The van der Waals surface area contributed by atoms with Gasteiger partial charge in [-0.15, -0.1) is 0 Å². The number of nitrogens with zero attached hydrogens (tertiary/aromatic N) is 4. The van der Waals surface area contributed by atoms with Gasteiger partial charge in [0.05, 0.1) is 10.5 Å². The molecule has 1 heterocycles. The van der Waals surface area contributed by atoms with E-state index in [4.69, 9.17) is 10.9 Å². The Kier molecular flexibility index (Phi) is 4.62. The third kappa shape index (κ3) is 3.09. The summed E-state index contributed by atoms with van der Waals surface area (Å²) in [6, 6.07) is 1.38. The average Bonchev–Trinajstić information content (AvgIpc) is 2.38. The fraction of sp³-hybridized carbons (Fsp3) is 0.455. The molecule has 104 valence electrons. The van der Waals surface area contributed by atoms with Crippen molar-refractivity contribution in [2.75, 3.05) is 11.4 Å². The molecule has 0 bridgehead atoms. The largest absolute Gasteiger partial charge is 0.409 e. The third-order valence-corrected chi connectivity index (χ3v) is 2.68. The number of rotatable bonds is 5. The molecular formula is C11H17N5O3. The van der Waals surface area contributed by atoms with Gasteiger partial charge in [-0.2, -0.15) is 0 Å². The van der Waals surface area contributed by atoms with Crippen molar-refractivity contribution in [3.8, 4) is 0 Å². The molecule has 0 radical (unpaired) electrons. The van der Waals surface area contributed by atoms with E-state index in [1.165, 1.54) is 6.07 Å². The lowest BCUT2D eigenvalue weighted by Crippen LogP contribution is -2.33. The predicted octanol–water partition coefficient (Wildman–Crippen LogP) is 1.32. The summed E-state index contributed by atoms with van der Waals surface area (Å²) in [6.45, 7) is 6.50. The first kappa shape index (κ1) is 14.7. The highest BCUT2D eigenvalue weighted by atomic mass is 16.6. The van der Waals surface area contributed by atoms with Crippen molar-refractivity contribution >= 4 is 17.3 Å². The molecule has 8 nitrogen and oxygen atoms in total. The van der Waals surface area contributed by atoms with E-state index < -0.39 is 4.92 Å². The maximum Gasteiger partial charge on any atom is 0.288 e. The molecule has 1 aromatic heterocycles. The lowest BCUT2D eigenvalue weighted by atomic mass is 10.2. The molecule has 19 heavy (non-hydrogen) atoms. The van der Waals surface area contributed by atoms with Gasteiger partial charge < -0.3 is 15.8 Å². The highest BCUT2D eigenvalue weighted by molar-refractivity contribution is 6.02. The van der Waals surface area contributed by atoms with E-state index in [0.717, 1.165) is 6.20 Å². The first-order valence-corrected chi connectivity index (χ1v) is 5.81. The highest BCUT2D eigenvalue weighted by Crippen LogP contribution is 2.23. The second-order valence-corrected chi connectivity index (χ2v) is 4.19. The van der Waals surface area contributed by atoms with Gasteiger partial charge in [0.1, 0.15) is 12.0 Å². The number of pyridine rings is 1. The minimum atomic E-state index is -0.573. The molecule has 0 amide bonds. The van der Waals surface area contributed by atoms with E-state index in [2.05, 4.69) is 10.1 Å². The first-order chi connectivity index (χ1) is 8.92. The van der Waals surface area contributed by atoms with Crippen molar-refractivity contribution in [2.24, 2.45) is 10.9 Å². The van der Waals surface area contributed by atoms with Crippen LogP contribution in [0, 0.1) is 10.1 Å². The van der Waals surface area contributed by atoms with Crippen molar-refractivity contribution in [3.63, 3.8) is 0 Å². The summed E-state index contributed by atoms with van der Waals surface area (Å²) in [4.78, 5) is 16.2. The second kappa shape index (κ2) is 5.98. The maximum absolute atomic E-state index is 10.8. The molecule has 0 fully saturated rings. The minimum absolute atomic E-state index is 0.129.